The minimum atomic E-state index is -0.204. The van der Waals surface area contributed by atoms with Crippen LogP contribution in [0.15, 0.2) is 18.3 Å². The predicted molar refractivity (Wildman–Crippen MR) is 77.5 cm³/mol. The summed E-state index contributed by atoms with van der Waals surface area (Å²) in [6.07, 6.45) is 7.15. The Morgan fingerprint density at radius 2 is 2.15 bits per heavy atom. The Labute approximate surface area is 124 Å². The summed E-state index contributed by atoms with van der Waals surface area (Å²) < 4.78 is 0. The topological polar surface area (TPSA) is 65.8 Å². The van der Waals surface area contributed by atoms with Crippen LogP contribution >= 0.6 is 11.6 Å². The van der Waals surface area contributed by atoms with Crippen LogP contribution in [0.25, 0.3) is 0 Å². The molecule has 1 aliphatic carbocycles. The number of amides is 1. The zero-order valence-corrected chi connectivity index (χ0v) is 12.1. The number of nitriles is 1. The minimum Gasteiger partial charge on any atom is -0.350 e. The average Bonchev–Trinajstić information content (AvgIpc) is 2.53. The molecule has 1 saturated carbocycles. The third kappa shape index (κ3) is 3.49. The Morgan fingerprint density at radius 1 is 1.40 bits per heavy atom. The number of hydrogen-bond acceptors (Lipinski definition) is 3. The number of rotatable bonds is 4. The zero-order chi connectivity index (χ0) is 14.4. The molecular weight excluding hydrogens is 274 g/mol. The number of pyridine rings is 1. The van der Waals surface area contributed by atoms with Crippen molar-refractivity contribution in [3.05, 3.63) is 29.6 Å². The van der Waals surface area contributed by atoms with Gasteiger partial charge in [0.15, 0.2) is 0 Å². The lowest BCUT2D eigenvalue weighted by Crippen LogP contribution is -2.40. The van der Waals surface area contributed by atoms with Crippen LogP contribution in [0.3, 0.4) is 0 Å². The highest BCUT2D eigenvalue weighted by molar-refractivity contribution is 6.18. The second-order valence-corrected chi connectivity index (χ2v) is 5.69. The monoisotopic (exact) mass is 291 g/mol. The molecule has 0 bridgehead atoms. The molecule has 2 rings (SSSR count). The van der Waals surface area contributed by atoms with E-state index in [1.165, 1.54) is 25.5 Å². The van der Waals surface area contributed by atoms with Crippen molar-refractivity contribution in [1.29, 1.82) is 5.26 Å². The Bertz CT molecular complexity index is 501. The summed E-state index contributed by atoms with van der Waals surface area (Å²) in [7, 11) is 0. The summed E-state index contributed by atoms with van der Waals surface area (Å²) in [5, 5.41) is 11.6. The van der Waals surface area contributed by atoms with Gasteiger partial charge < -0.3 is 5.32 Å². The summed E-state index contributed by atoms with van der Waals surface area (Å²) >= 11 is 6.10. The van der Waals surface area contributed by atoms with Crippen LogP contribution in [0.1, 0.15) is 48.2 Å². The largest absolute Gasteiger partial charge is 0.350 e. The second kappa shape index (κ2) is 6.71. The van der Waals surface area contributed by atoms with Crippen molar-refractivity contribution in [3.63, 3.8) is 0 Å². The quantitative estimate of drug-likeness (QED) is 0.868. The number of alkyl halides is 1. The molecular formula is C15H18ClN3O. The summed E-state index contributed by atoms with van der Waals surface area (Å²) in [6, 6.07) is 5.15. The molecule has 0 radical (unpaired) electrons. The van der Waals surface area contributed by atoms with Gasteiger partial charge in [0.2, 0.25) is 0 Å². The molecule has 1 aliphatic rings. The predicted octanol–water partition coefficient (Wildman–Crippen LogP) is 2.87. The fourth-order valence-electron chi connectivity index (χ4n) is 2.61. The van der Waals surface area contributed by atoms with Crippen LogP contribution in [0, 0.1) is 16.7 Å². The molecule has 4 nitrogen and oxygen atoms in total. The average molecular weight is 292 g/mol. The van der Waals surface area contributed by atoms with E-state index in [4.69, 9.17) is 16.9 Å². The number of halogens is 1. The highest BCUT2D eigenvalue weighted by Crippen LogP contribution is 2.36. The van der Waals surface area contributed by atoms with Gasteiger partial charge in [0.05, 0.1) is 5.56 Å². The molecule has 106 valence electrons. The molecule has 0 unspecified atom stereocenters. The van der Waals surface area contributed by atoms with Gasteiger partial charge >= 0.3 is 0 Å². The van der Waals surface area contributed by atoms with E-state index in [-0.39, 0.29) is 11.3 Å². The van der Waals surface area contributed by atoms with Crippen molar-refractivity contribution in [3.8, 4) is 6.07 Å². The molecule has 0 atom stereocenters. The first-order chi connectivity index (χ1) is 9.69. The third-order valence-corrected chi connectivity index (χ3v) is 4.51. The number of aromatic nitrogens is 1. The highest BCUT2D eigenvalue weighted by Gasteiger charge is 2.31. The Kier molecular flexibility index (Phi) is 4.97. The third-order valence-electron chi connectivity index (χ3n) is 3.95. The Balaban J connectivity index is 1.95. The summed E-state index contributed by atoms with van der Waals surface area (Å²) in [6.45, 7) is 0.594. The van der Waals surface area contributed by atoms with Gasteiger partial charge in [-0.05, 0) is 25.0 Å². The van der Waals surface area contributed by atoms with Crippen LogP contribution in [0.5, 0.6) is 0 Å². The highest BCUT2D eigenvalue weighted by atomic mass is 35.5. The molecule has 0 saturated heterocycles. The van der Waals surface area contributed by atoms with E-state index >= 15 is 0 Å². The van der Waals surface area contributed by atoms with E-state index in [1.54, 1.807) is 12.1 Å². The van der Waals surface area contributed by atoms with Crippen LogP contribution in [0.2, 0.25) is 0 Å². The lowest BCUT2D eigenvalue weighted by atomic mass is 9.75. The normalized spacial score (nSPS) is 17.2. The molecule has 1 heterocycles. The SMILES string of the molecule is N#Cc1ccc(C(=O)NCC2(CCl)CCCCC2)nc1. The smallest absolute Gasteiger partial charge is 0.269 e. The van der Waals surface area contributed by atoms with E-state index in [0.29, 0.717) is 23.7 Å². The molecule has 5 heteroatoms. The van der Waals surface area contributed by atoms with Gasteiger partial charge in [-0.1, -0.05) is 19.3 Å². The maximum Gasteiger partial charge on any atom is 0.269 e. The molecule has 1 aromatic heterocycles. The molecule has 0 spiro atoms. The lowest BCUT2D eigenvalue weighted by Gasteiger charge is -2.35. The molecule has 1 aromatic rings. The Hall–Kier alpha value is -1.60. The minimum absolute atomic E-state index is 0.0298. The van der Waals surface area contributed by atoms with Gasteiger partial charge in [-0.3, -0.25) is 4.79 Å². The van der Waals surface area contributed by atoms with E-state index < -0.39 is 0 Å². The van der Waals surface area contributed by atoms with Crippen LogP contribution in [-0.2, 0) is 0 Å². The summed E-state index contributed by atoms with van der Waals surface area (Å²) in [5.74, 6) is 0.373. The van der Waals surface area contributed by atoms with Crippen LogP contribution in [-0.4, -0.2) is 23.3 Å². The number of carbonyl (C=O) groups excluding carboxylic acids is 1. The molecule has 1 N–H and O–H groups in total. The molecule has 20 heavy (non-hydrogen) atoms. The Morgan fingerprint density at radius 3 is 2.70 bits per heavy atom. The van der Waals surface area contributed by atoms with Crippen LogP contribution < -0.4 is 5.32 Å². The molecule has 1 amide bonds. The van der Waals surface area contributed by atoms with Gasteiger partial charge in [0, 0.05) is 24.0 Å². The number of nitrogens with one attached hydrogen (secondary N) is 1. The maximum absolute atomic E-state index is 12.0. The van der Waals surface area contributed by atoms with Crippen molar-refractivity contribution in [2.75, 3.05) is 12.4 Å². The summed E-state index contributed by atoms with van der Waals surface area (Å²) in [5.41, 5.74) is 0.817. The van der Waals surface area contributed by atoms with Crippen molar-refractivity contribution < 1.29 is 4.79 Å². The van der Waals surface area contributed by atoms with Crippen molar-refractivity contribution in [2.24, 2.45) is 5.41 Å². The number of carbonyl (C=O) groups is 1. The lowest BCUT2D eigenvalue weighted by molar-refractivity contribution is 0.0916. The van der Waals surface area contributed by atoms with Gasteiger partial charge in [-0.25, -0.2) is 4.98 Å². The molecule has 0 aliphatic heterocycles. The fourth-order valence-corrected chi connectivity index (χ4v) is 2.97. The second-order valence-electron chi connectivity index (χ2n) is 5.42. The fraction of sp³-hybridized carbons (Fsp3) is 0.533. The van der Waals surface area contributed by atoms with Crippen molar-refractivity contribution in [1.82, 2.24) is 10.3 Å². The first kappa shape index (κ1) is 14.8. The molecule has 0 aromatic carbocycles. The van der Waals surface area contributed by atoms with Gasteiger partial charge in [0.1, 0.15) is 11.8 Å². The van der Waals surface area contributed by atoms with Crippen molar-refractivity contribution >= 4 is 17.5 Å². The molecule has 1 fully saturated rings. The van der Waals surface area contributed by atoms with E-state index in [2.05, 4.69) is 10.3 Å². The van der Waals surface area contributed by atoms with E-state index in [0.717, 1.165) is 12.8 Å². The maximum atomic E-state index is 12.0. The van der Waals surface area contributed by atoms with Gasteiger partial charge in [0.25, 0.3) is 5.91 Å². The standard InChI is InChI=1S/C15H18ClN3O/c16-10-15(6-2-1-3-7-15)11-19-14(20)13-5-4-12(8-17)9-18-13/h4-5,9H,1-3,6-7,10-11H2,(H,19,20). The first-order valence-corrected chi connectivity index (χ1v) is 7.43. The van der Waals surface area contributed by atoms with E-state index in [9.17, 15) is 4.79 Å². The number of hydrogen-bond donors (Lipinski definition) is 1. The zero-order valence-electron chi connectivity index (χ0n) is 11.4. The van der Waals surface area contributed by atoms with Crippen LogP contribution in [0.4, 0.5) is 0 Å². The summed E-state index contributed by atoms with van der Waals surface area (Å²) in [4.78, 5) is 16.0. The van der Waals surface area contributed by atoms with Crippen molar-refractivity contribution in [2.45, 2.75) is 32.1 Å². The number of nitrogens with zero attached hydrogens (tertiary/aromatic N) is 2. The first-order valence-electron chi connectivity index (χ1n) is 6.89. The van der Waals surface area contributed by atoms with E-state index in [1.807, 2.05) is 6.07 Å². The van der Waals surface area contributed by atoms with Gasteiger partial charge in [-0.2, -0.15) is 5.26 Å². The van der Waals surface area contributed by atoms with Gasteiger partial charge in [-0.15, -0.1) is 11.6 Å².